The molecule has 4 atom stereocenters. The highest BCUT2D eigenvalue weighted by Gasteiger charge is 2.49. The van der Waals surface area contributed by atoms with Crippen LogP contribution in [0.1, 0.15) is 32.6 Å². The highest BCUT2D eigenvalue weighted by atomic mass is 16.6. The van der Waals surface area contributed by atoms with Crippen molar-refractivity contribution in [2.75, 3.05) is 6.61 Å². The molecular weight excluding hydrogens is 206 g/mol. The van der Waals surface area contributed by atoms with Crippen LogP contribution in [-0.4, -0.2) is 35.5 Å². The van der Waals surface area contributed by atoms with Crippen molar-refractivity contribution in [1.82, 2.24) is 4.90 Å². The average molecular weight is 223 g/mol. The molecule has 2 saturated heterocycles. The van der Waals surface area contributed by atoms with Crippen LogP contribution in [0.25, 0.3) is 0 Å². The average Bonchev–Trinajstić information content (AvgIpc) is 2.63. The van der Waals surface area contributed by atoms with E-state index in [0.717, 1.165) is 25.7 Å². The number of Topliss-reactive ketones (excluding diaryl/α,β-unsaturated/α-hetero) is 1. The summed E-state index contributed by atoms with van der Waals surface area (Å²) in [6.07, 6.45) is 3.43. The van der Waals surface area contributed by atoms with Gasteiger partial charge in [0.25, 0.3) is 0 Å². The lowest BCUT2D eigenvalue weighted by molar-refractivity contribution is -0.131. The van der Waals surface area contributed by atoms with E-state index in [9.17, 15) is 9.59 Å². The van der Waals surface area contributed by atoms with Crippen LogP contribution in [0.15, 0.2) is 0 Å². The van der Waals surface area contributed by atoms with E-state index in [1.54, 1.807) is 0 Å². The Bertz CT molecular complexity index is 341. The summed E-state index contributed by atoms with van der Waals surface area (Å²) >= 11 is 0. The first-order valence-corrected chi connectivity index (χ1v) is 6.16. The van der Waals surface area contributed by atoms with E-state index in [4.69, 9.17) is 4.74 Å². The van der Waals surface area contributed by atoms with Crippen molar-refractivity contribution in [1.29, 1.82) is 0 Å². The summed E-state index contributed by atoms with van der Waals surface area (Å²) in [4.78, 5) is 25.4. The second-order valence-corrected chi connectivity index (χ2v) is 5.24. The number of nitrogens with zero attached hydrogens (tertiary/aromatic N) is 1. The van der Waals surface area contributed by atoms with Gasteiger partial charge in [0.05, 0.1) is 6.04 Å². The molecule has 0 radical (unpaired) electrons. The molecule has 0 aromatic rings. The Labute approximate surface area is 94.9 Å². The molecule has 1 saturated carbocycles. The summed E-state index contributed by atoms with van der Waals surface area (Å²) in [6, 6.07) is 0.314. The normalized spacial score (nSPS) is 42.7. The lowest BCUT2D eigenvalue weighted by Crippen LogP contribution is -2.54. The third-order valence-electron chi connectivity index (χ3n) is 4.48. The topological polar surface area (TPSA) is 46.6 Å². The summed E-state index contributed by atoms with van der Waals surface area (Å²) < 4.78 is 5.09. The Morgan fingerprint density at radius 2 is 2.19 bits per heavy atom. The first kappa shape index (κ1) is 10.1. The number of amides is 1. The molecule has 2 heterocycles. The van der Waals surface area contributed by atoms with Crippen LogP contribution in [0, 0.1) is 11.8 Å². The van der Waals surface area contributed by atoms with Crippen LogP contribution in [0.3, 0.4) is 0 Å². The highest BCUT2D eigenvalue weighted by molar-refractivity contribution is 5.83. The molecule has 3 rings (SSSR count). The highest BCUT2D eigenvalue weighted by Crippen LogP contribution is 2.42. The molecular formula is C12H17NO3. The quantitative estimate of drug-likeness (QED) is 0.626. The standard InChI is InChI=1S/C12H17NO3/c1-7-9-3-2-4-11(14)10(9)5-8-6-16-12(15)13(7)8/h7-10H,2-6H2,1H3/t7-,8+,9+,10+/m0/s1. The fourth-order valence-corrected chi connectivity index (χ4v) is 3.67. The van der Waals surface area contributed by atoms with Gasteiger partial charge in [-0.15, -0.1) is 0 Å². The maximum atomic E-state index is 11.9. The van der Waals surface area contributed by atoms with Crippen molar-refractivity contribution in [2.24, 2.45) is 11.8 Å². The molecule has 16 heavy (non-hydrogen) atoms. The van der Waals surface area contributed by atoms with Gasteiger partial charge in [-0.1, -0.05) is 0 Å². The first-order valence-electron chi connectivity index (χ1n) is 6.16. The van der Waals surface area contributed by atoms with Crippen molar-refractivity contribution < 1.29 is 14.3 Å². The van der Waals surface area contributed by atoms with Crippen molar-refractivity contribution in [2.45, 2.75) is 44.7 Å². The number of hydrogen-bond acceptors (Lipinski definition) is 3. The van der Waals surface area contributed by atoms with Gasteiger partial charge in [0.1, 0.15) is 12.4 Å². The Morgan fingerprint density at radius 3 is 3.00 bits per heavy atom. The fraction of sp³-hybridized carbons (Fsp3) is 0.833. The summed E-state index contributed by atoms with van der Waals surface area (Å²) in [6.45, 7) is 2.54. The van der Waals surface area contributed by atoms with Gasteiger partial charge in [0.15, 0.2) is 0 Å². The molecule has 2 aliphatic heterocycles. The number of carbonyl (C=O) groups is 2. The molecule has 1 aliphatic carbocycles. The van der Waals surface area contributed by atoms with Gasteiger partial charge in [0.2, 0.25) is 0 Å². The van der Waals surface area contributed by atoms with Gasteiger partial charge in [0, 0.05) is 18.4 Å². The Balaban J connectivity index is 1.88. The zero-order valence-electron chi connectivity index (χ0n) is 9.52. The van der Waals surface area contributed by atoms with Crippen molar-refractivity contribution in [3.05, 3.63) is 0 Å². The van der Waals surface area contributed by atoms with E-state index in [-0.39, 0.29) is 24.1 Å². The van der Waals surface area contributed by atoms with Crippen LogP contribution in [0.4, 0.5) is 4.79 Å². The molecule has 1 amide bonds. The predicted octanol–water partition coefficient (Wildman–Crippen LogP) is 1.58. The molecule has 88 valence electrons. The predicted molar refractivity (Wildman–Crippen MR) is 56.9 cm³/mol. The Hall–Kier alpha value is -1.06. The minimum absolute atomic E-state index is 0.144. The second-order valence-electron chi connectivity index (χ2n) is 5.24. The van der Waals surface area contributed by atoms with E-state index in [1.165, 1.54) is 0 Å². The monoisotopic (exact) mass is 223 g/mol. The maximum absolute atomic E-state index is 11.9. The van der Waals surface area contributed by atoms with Gasteiger partial charge in [-0.2, -0.15) is 0 Å². The van der Waals surface area contributed by atoms with Crippen LogP contribution in [0.2, 0.25) is 0 Å². The number of ketones is 1. The van der Waals surface area contributed by atoms with E-state index in [1.807, 2.05) is 4.90 Å². The molecule has 0 aromatic heterocycles. The molecule has 3 aliphatic rings. The van der Waals surface area contributed by atoms with E-state index in [0.29, 0.717) is 18.3 Å². The van der Waals surface area contributed by atoms with Gasteiger partial charge in [-0.05, 0) is 32.1 Å². The Kier molecular flexibility index (Phi) is 2.19. The molecule has 0 N–H and O–H groups in total. The zero-order chi connectivity index (χ0) is 11.3. The van der Waals surface area contributed by atoms with Crippen LogP contribution in [-0.2, 0) is 9.53 Å². The maximum Gasteiger partial charge on any atom is 0.410 e. The van der Waals surface area contributed by atoms with E-state index >= 15 is 0 Å². The van der Waals surface area contributed by atoms with Crippen LogP contribution in [0.5, 0.6) is 0 Å². The van der Waals surface area contributed by atoms with Crippen molar-refractivity contribution in [3.63, 3.8) is 0 Å². The molecule has 0 bridgehead atoms. The van der Waals surface area contributed by atoms with Crippen LogP contribution >= 0.6 is 0 Å². The van der Waals surface area contributed by atoms with Gasteiger partial charge < -0.3 is 4.74 Å². The molecule has 0 aromatic carbocycles. The summed E-state index contributed by atoms with van der Waals surface area (Å²) in [5, 5.41) is 0. The number of ether oxygens (including phenoxy) is 1. The third kappa shape index (κ3) is 1.28. The molecule has 4 heteroatoms. The SMILES string of the molecule is C[C@H]1[C@H]2CCCC(=O)[C@@H]2C[C@@H]2COC(=O)N21. The Morgan fingerprint density at radius 1 is 1.38 bits per heavy atom. The summed E-state index contributed by atoms with van der Waals surface area (Å²) in [5.41, 5.74) is 0. The molecule has 0 unspecified atom stereocenters. The van der Waals surface area contributed by atoms with Gasteiger partial charge in [-0.25, -0.2) is 4.79 Å². The summed E-state index contributed by atoms with van der Waals surface area (Å²) in [5.74, 6) is 0.949. The number of fused-ring (bicyclic) bond motifs is 2. The van der Waals surface area contributed by atoms with Crippen molar-refractivity contribution >= 4 is 11.9 Å². The fourth-order valence-electron chi connectivity index (χ4n) is 3.67. The third-order valence-corrected chi connectivity index (χ3v) is 4.48. The largest absolute Gasteiger partial charge is 0.447 e. The zero-order valence-corrected chi connectivity index (χ0v) is 9.52. The van der Waals surface area contributed by atoms with E-state index < -0.39 is 0 Å². The van der Waals surface area contributed by atoms with Gasteiger partial charge >= 0.3 is 6.09 Å². The lowest BCUT2D eigenvalue weighted by Gasteiger charge is -2.45. The molecule has 3 fully saturated rings. The lowest BCUT2D eigenvalue weighted by atomic mass is 9.69. The van der Waals surface area contributed by atoms with Gasteiger partial charge in [-0.3, -0.25) is 9.69 Å². The molecule has 0 spiro atoms. The molecule has 4 nitrogen and oxygen atoms in total. The smallest absolute Gasteiger partial charge is 0.410 e. The number of carbonyl (C=O) groups excluding carboxylic acids is 2. The first-order chi connectivity index (χ1) is 7.68. The summed E-state index contributed by atoms with van der Waals surface area (Å²) in [7, 11) is 0. The number of hydrogen-bond donors (Lipinski definition) is 0. The second kappa shape index (κ2) is 3.47. The van der Waals surface area contributed by atoms with Crippen LogP contribution < -0.4 is 0 Å². The number of rotatable bonds is 0. The number of cyclic esters (lactones) is 1. The number of piperidine rings is 1. The van der Waals surface area contributed by atoms with E-state index in [2.05, 4.69) is 6.92 Å². The minimum atomic E-state index is -0.186. The minimum Gasteiger partial charge on any atom is -0.447 e. The van der Waals surface area contributed by atoms with Crippen molar-refractivity contribution in [3.8, 4) is 0 Å².